The molecule has 0 aromatic rings. The maximum atomic E-state index is 12.9. The average molecular weight is 411 g/mol. The zero-order chi connectivity index (χ0) is 21.6. The summed E-state index contributed by atoms with van der Waals surface area (Å²) in [6, 6.07) is -1.77. The van der Waals surface area contributed by atoms with Crippen LogP contribution in [0.5, 0.6) is 0 Å². The number of piperidine rings is 1. The summed E-state index contributed by atoms with van der Waals surface area (Å²) >= 11 is 0. The van der Waals surface area contributed by atoms with Gasteiger partial charge in [-0.15, -0.1) is 0 Å². The summed E-state index contributed by atoms with van der Waals surface area (Å²) in [5.74, 6) is -1.22. The van der Waals surface area contributed by atoms with Crippen LogP contribution in [0.4, 0.5) is 4.79 Å². The van der Waals surface area contributed by atoms with Gasteiger partial charge >= 0.3 is 12.1 Å². The van der Waals surface area contributed by atoms with Gasteiger partial charge in [-0.1, -0.05) is 12.8 Å². The van der Waals surface area contributed by atoms with Gasteiger partial charge in [0.1, 0.15) is 17.7 Å². The van der Waals surface area contributed by atoms with E-state index < -0.39 is 35.7 Å². The van der Waals surface area contributed by atoms with Crippen molar-refractivity contribution >= 4 is 23.9 Å². The molecule has 2 rings (SSSR count). The summed E-state index contributed by atoms with van der Waals surface area (Å²) in [5, 5.41) is 8.06. The van der Waals surface area contributed by atoms with E-state index in [4.69, 9.17) is 9.47 Å². The Hall–Kier alpha value is -2.32. The van der Waals surface area contributed by atoms with Gasteiger partial charge < -0.3 is 25.4 Å². The Balaban J connectivity index is 2.02. The second kappa shape index (κ2) is 9.93. The Labute approximate surface area is 171 Å². The van der Waals surface area contributed by atoms with E-state index in [9.17, 15) is 19.2 Å². The molecule has 0 aromatic carbocycles. The van der Waals surface area contributed by atoms with Gasteiger partial charge in [-0.2, -0.15) is 0 Å². The third kappa shape index (κ3) is 7.91. The lowest BCUT2D eigenvalue weighted by Crippen LogP contribution is -2.53. The Bertz CT molecular complexity index is 626. The first-order valence-electron chi connectivity index (χ1n) is 10.2. The smallest absolute Gasteiger partial charge is 0.408 e. The molecule has 1 aliphatic heterocycles. The maximum absolute atomic E-state index is 12.9. The van der Waals surface area contributed by atoms with Crippen LogP contribution in [0.15, 0.2) is 0 Å². The summed E-state index contributed by atoms with van der Waals surface area (Å²) in [6.45, 7) is 5.84. The largest absolute Gasteiger partial charge is 0.467 e. The third-order valence-corrected chi connectivity index (χ3v) is 5.00. The second-order valence-electron chi connectivity index (χ2n) is 8.83. The van der Waals surface area contributed by atoms with Crippen molar-refractivity contribution in [2.24, 2.45) is 11.8 Å². The highest BCUT2D eigenvalue weighted by Crippen LogP contribution is 2.33. The average Bonchev–Trinajstić information content (AvgIpc) is 3.44. The molecule has 1 saturated carbocycles. The molecular formula is C20H33N3O6. The Morgan fingerprint density at radius 2 is 1.79 bits per heavy atom. The molecule has 0 spiro atoms. The third-order valence-electron chi connectivity index (χ3n) is 5.00. The molecule has 3 amide bonds. The molecule has 2 unspecified atom stereocenters. The van der Waals surface area contributed by atoms with Crippen LogP contribution in [-0.2, 0) is 23.9 Å². The Morgan fingerprint density at radius 3 is 2.34 bits per heavy atom. The van der Waals surface area contributed by atoms with E-state index in [2.05, 4.69) is 16.0 Å². The molecule has 164 valence electrons. The highest BCUT2D eigenvalue weighted by atomic mass is 16.6. The van der Waals surface area contributed by atoms with Crippen LogP contribution in [0.1, 0.15) is 59.3 Å². The number of carbonyl (C=O) groups is 4. The van der Waals surface area contributed by atoms with Gasteiger partial charge in [0.05, 0.1) is 7.11 Å². The van der Waals surface area contributed by atoms with Crippen molar-refractivity contribution in [1.82, 2.24) is 16.0 Å². The minimum absolute atomic E-state index is 0.124. The van der Waals surface area contributed by atoms with E-state index in [-0.39, 0.29) is 18.2 Å². The molecule has 3 N–H and O–H groups in total. The van der Waals surface area contributed by atoms with E-state index in [0.29, 0.717) is 25.3 Å². The molecule has 0 aromatic heterocycles. The molecule has 1 saturated heterocycles. The number of esters is 1. The second-order valence-corrected chi connectivity index (χ2v) is 8.83. The lowest BCUT2D eigenvalue weighted by Gasteiger charge is -2.27. The fraction of sp³-hybridized carbons (Fsp3) is 0.800. The zero-order valence-electron chi connectivity index (χ0n) is 17.7. The SMILES string of the molecule is COC(=O)C(C[C@@H]1CCCNC1=O)NC(=O)C(CC1CC1)NC(=O)OC(C)(C)C. The molecule has 2 aliphatic rings. The molecular weight excluding hydrogens is 378 g/mol. The Morgan fingerprint density at radius 1 is 1.10 bits per heavy atom. The lowest BCUT2D eigenvalue weighted by molar-refractivity contribution is -0.146. The van der Waals surface area contributed by atoms with Gasteiger partial charge in [-0.25, -0.2) is 9.59 Å². The van der Waals surface area contributed by atoms with E-state index in [1.807, 2.05) is 0 Å². The summed E-state index contributed by atoms with van der Waals surface area (Å²) in [5.41, 5.74) is -0.687. The fourth-order valence-electron chi connectivity index (χ4n) is 3.34. The molecule has 1 heterocycles. The van der Waals surface area contributed by atoms with Gasteiger partial charge in [0.2, 0.25) is 11.8 Å². The molecule has 9 heteroatoms. The lowest BCUT2D eigenvalue weighted by atomic mass is 9.91. The first-order valence-corrected chi connectivity index (χ1v) is 10.2. The topological polar surface area (TPSA) is 123 Å². The van der Waals surface area contributed by atoms with E-state index in [1.54, 1.807) is 20.8 Å². The number of rotatable bonds is 8. The zero-order valence-corrected chi connectivity index (χ0v) is 17.7. The normalized spacial score (nSPS) is 21.4. The van der Waals surface area contributed by atoms with Crippen LogP contribution in [-0.4, -0.2) is 55.2 Å². The predicted octanol–water partition coefficient (Wildman–Crippen LogP) is 1.25. The van der Waals surface area contributed by atoms with Gasteiger partial charge in [0.25, 0.3) is 0 Å². The predicted molar refractivity (Wildman–Crippen MR) is 105 cm³/mol. The first-order chi connectivity index (χ1) is 13.6. The van der Waals surface area contributed by atoms with Crippen LogP contribution in [0.25, 0.3) is 0 Å². The van der Waals surface area contributed by atoms with E-state index in [1.165, 1.54) is 7.11 Å². The number of hydrogen-bond acceptors (Lipinski definition) is 6. The van der Waals surface area contributed by atoms with Crippen LogP contribution in [0.3, 0.4) is 0 Å². The minimum atomic E-state index is -0.955. The van der Waals surface area contributed by atoms with E-state index in [0.717, 1.165) is 19.3 Å². The number of alkyl carbamates (subject to hydrolysis) is 1. The van der Waals surface area contributed by atoms with Crippen molar-refractivity contribution < 1.29 is 28.7 Å². The highest BCUT2D eigenvalue weighted by Gasteiger charge is 2.35. The maximum Gasteiger partial charge on any atom is 0.408 e. The van der Waals surface area contributed by atoms with Gasteiger partial charge in [0, 0.05) is 12.5 Å². The number of hydrogen-bond donors (Lipinski definition) is 3. The highest BCUT2D eigenvalue weighted by molar-refractivity contribution is 5.90. The quantitative estimate of drug-likeness (QED) is 0.517. The molecule has 0 bridgehead atoms. The Kier molecular flexibility index (Phi) is 7.87. The number of methoxy groups -OCH3 is 1. The van der Waals surface area contributed by atoms with Gasteiger partial charge in [0.15, 0.2) is 0 Å². The van der Waals surface area contributed by atoms with Gasteiger partial charge in [-0.3, -0.25) is 9.59 Å². The minimum Gasteiger partial charge on any atom is -0.467 e. The monoisotopic (exact) mass is 411 g/mol. The van der Waals surface area contributed by atoms with E-state index >= 15 is 0 Å². The molecule has 1 aliphatic carbocycles. The molecule has 3 atom stereocenters. The number of carbonyl (C=O) groups excluding carboxylic acids is 4. The number of amides is 3. The summed E-state index contributed by atoms with van der Waals surface area (Å²) in [7, 11) is 1.24. The number of nitrogens with one attached hydrogen (secondary N) is 3. The number of ether oxygens (including phenoxy) is 2. The van der Waals surface area contributed by atoms with Crippen molar-refractivity contribution in [1.29, 1.82) is 0 Å². The summed E-state index contributed by atoms with van der Waals surface area (Å²) in [6.07, 6.45) is 3.43. The molecule has 2 fully saturated rings. The van der Waals surface area contributed by atoms with Crippen molar-refractivity contribution in [3.8, 4) is 0 Å². The van der Waals surface area contributed by atoms with Crippen molar-refractivity contribution in [2.45, 2.75) is 77.0 Å². The molecule has 9 nitrogen and oxygen atoms in total. The molecule has 29 heavy (non-hydrogen) atoms. The fourth-order valence-corrected chi connectivity index (χ4v) is 3.34. The van der Waals surface area contributed by atoms with Crippen LogP contribution in [0, 0.1) is 11.8 Å². The van der Waals surface area contributed by atoms with Crippen molar-refractivity contribution in [2.75, 3.05) is 13.7 Å². The van der Waals surface area contributed by atoms with Crippen LogP contribution in [0.2, 0.25) is 0 Å². The standard InChI is InChI=1S/C20H33N3O6/c1-20(2,3)29-19(27)23-14(10-12-7-8-12)17(25)22-15(18(26)28-4)11-13-6-5-9-21-16(13)24/h12-15H,5-11H2,1-4H3,(H,21,24)(H,22,25)(H,23,27)/t13-,14?,15?/m0/s1. The van der Waals surface area contributed by atoms with Crippen LogP contribution >= 0.6 is 0 Å². The van der Waals surface area contributed by atoms with Crippen LogP contribution < -0.4 is 16.0 Å². The first kappa shape index (κ1) is 23.0. The van der Waals surface area contributed by atoms with Crippen molar-refractivity contribution in [3.63, 3.8) is 0 Å². The van der Waals surface area contributed by atoms with Gasteiger partial charge in [-0.05, 0) is 52.4 Å². The summed E-state index contributed by atoms with van der Waals surface area (Å²) in [4.78, 5) is 49.3. The van der Waals surface area contributed by atoms with Crippen molar-refractivity contribution in [3.05, 3.63) is 0 Å². The molecule has 0 radical (unpaired) electrons. The summed E-state index contributed by atoms with van der Waals surface area (Å²) < 4.78 is 10.1.